The molecule has 0 radical (unpaired) electrons. The minimum Gasteiger partial charge on any atom is -0.353 e. The molecule has 4 aromatic heterocycles. The van der Waals surface area contributed by atoms with E-state index in [0.717, 1.165) is 52.0 Å². The maximum atomic E-state index is 13.4. The van der Waals surface area contributed by atoms with E-state index in [1.54, 1.807) is 10.5 Å². The Kier molecular flexibility index (Phi) is 5.49. The van der Waals surface area contributed by atoms with Gasteiger partial charge in [-0.3, -0.25) is 14.0 Å². The van der Waals surface area contributed by atoms with Crippen molar-refractivity contribution in [2.24, 2.45) is 0 Å². The third-order valence-corrected chi connectivity index (χ3v) is 6.80. The minimum atomic E-state index is -0.132. The first kappa shape index (κ1) is 22.0. The average molecular weight is 476 g/mol. The van der Waals surface area contributed by atoms with Crippen LogP contribution in [0.2, 0.25) is 0 Å². The summed E-state index contributed by atoms with van der Waals surface area (Å²) >= 11 is 0. The number of rotatable bonds is 6. The van der Waals surface area contributed by atoms with Crippen LogP contribution in [0.15, 0.2) is 90.1 Å². The largest absolute Gasteiger partial charge is 0.353 e. The summed E-state index contributed by atoms with van der Waals surface area (Å²) in [5, 5.41) is 6.58. The number of nitrogens with one attached hydrogen (secondary N) is 2. The molecular weight excluding hydrogens is 448 g/mol. The summed E-state index contributed by atoms with van der Waals surface area (Å²) in [6.45, 7) is 2.39. The summed E-state index contributed by atoms with van der Waals surface area (Å²) in [4.78, 5) is 29.7. The number of anilines is 1. The molecular formula is C30H27N4O2+. The van der Waals surface area contributed by atoms with Gasteiger partial charge in [-0.1, -0.05) is 37.6 Å². The summed E-state index contributed by atoms with van der Waals surface area (Å²) in [7, 11) is 0. The molecule has 0 aliphatic rings. The van der Waals surface area contributed by atoms with Gasteiger partial charge in [0.1, 0.15) is 0 Å². The van der Waals surface area contributed by atoms with E-state index in [2.05, 4.69) is 29.4 Å². The third-order valence-electron chi connectivity index (χ3n) is 6.80. The molecule has 6 nitrogen and oxygen atoms in total. The van der Waals surface area contributed by atoms with Crippen LogP contribution in [0, 0.1) is 0 Å². The van der Waals surface area contributed by atoms with Crippen molar-refractivity contribution in [3.05, 3.63) is 101 Å². The number of amides is 1. The molecule has 6 heteroatoms. The molecule has 0 bridgehead atoms. The van der Waals surface area contributed by atoms with E-state index in [0.29, 0.717) is 11.1 Å². The molecule has 2 N–H and O–H groups in total. The number of aromatic amines is 1. The van der Waals surface area contributed by atoms with Crippen LogP contribution in [0.4, 0.5) is 5.69 Å². The number of pyridine rings is 3. The second-order valence-corrected chi connectivity index (χ2v) is 9.32. The normalized spacial score (nSPS) is 11.6. The third kappa shape index (κ3) is 3.90. The lowest BCUT2D eigenvalue weighted by molar-refractivity contribution is -0.684. The second kappa shape index (κ2) is 8.96. The van der Waals surface area contributed by atoms with Crippen LogP contribution in [-0.4, -0.2) is 15.3 Å². The maximum absolute atomic E-state index is 13.4. The Morgan fingerprint density at radius 3 is 2.78 bits per heavy atom. The number of aromatic nitrogens is 3. The smallest absolute Gasteiger partial charge is 0.290 e. The standard InChI is InChI=1S/C30H26N4O2/c1-2-3-7-20-8-6-14-33(18-20)19-28(35)31-22-12-11-21-16-27-29-24(23-9-4-5-10-26(23)32-29)13-15-34(27)30(36)25(21)17-22/h4-6,8-18H,2-3,7,19H2,1H3,(H-,31,32,35,36)/p+1. The Balaban J connectivity index is 1.32. The SMILES string of the molecule is CCCCc1ccc[n+](CC(=O)Nc2ccc3cc4c5[nH]c6ccccc6c5ccn4c(=O)c3c2)c1. The average Bonchev–Trinajstić information content (AvgIpc) is 3.27. The van der Waals surface area contributed by atoms with Crippen molar-refractivity contribution < 1.29 is 9.36 Å². The lowest BCUT2D eigenvalue weighted by atomic mass is 10.1. The Morgan fingerprint density at radius 2 is 1.89 bits per heavy atom. The van der Waals surface area contributed by atoms with Crippen molar-refractivity contribution in [3.63, 3.8) is 0 Å². The number of hydrogen-bond acceptors (Lipinski definition) is 2. The van der Waals surface area contributed by atoms with Crippen molar-refractivity contribution in [2.45, 2.75) is 32.7 Å². The molecule has 0 aliphatic heterocycles. The molecule has 0 fully saturated rings. The predicted octanol–water partition coefficient (Wildman–Crippen LogP) is 5.36. The van der Waals surface area contributed by atoms with Gasteiger partial charge in [-0.15, -0.1) is 0 Å². The van der Waals surface area contributed by atoms with Crippen molar-refractivity contribution in [2.75, 3.05) is 5.32 Å². The van der Waals surface area contributed by atoms with Crippen molar-refractivity contribution in [1.29, 1.82) is 0 Å². The zero-order valence-corrected chi connectivity index (χ0v) is 20.1. The summed E-state index contributed by atoms with van der Waals surface area (Å²) in [6.07, 6.45) is 9.03. The van der Waals surface area contributed by atoms with E-state index >= 15 is 0 Å². The maximum Gasteiger partial charge on any atom is 0.290 e. The van der Waals surface area contributed by atoms with E-state index in [4.69, 9.17) is 0 Å². The molecule has 6 rings (SSSR count). The van der Waals surface area contributed by atoms with E-state index in [1.807, 2.05) is 71.7 Å². The second-order valence-electron chi connectivity index (χ2n) is 9.32. The van der Waals surface area contributed by atoms with Gasteiger partial charge < -0.3 is 10.3 Å². The molecule has 1 amide bonds. The van der Waals surface area contributed by atoms with Crippen LogP contribution < -0.4 is 15.4 Å². The molecule has 0 aliphatic carbocycles. The van der Waals surface area contributed by atoms with Crippen LogP contribution in [-0.2, 0) is 17.8 Å². The molecule has 0 atom stereocenters. The monoisotopic (exact) mass is 475 g/mol. The first-order valence-corrected chi connectivity index (χ1v) is 12.4. The van der Waals surface area contributed by atoms with Gasteiger partial charge in [0, 0.05) is 45.2 Å². The zero-order chi connectivity index (χ0) is 24.6. The number of benzene rings is 2. The summed E-state index contributed by atoms with van der Waals surface area (Å²) < 4.78 is 3.57. The zero-order valence-electron chi connectivity index (χ0n) is 20.1. The van der Waals surface area contributed by atoms with Gasteiger partial charge in [0.2, 0.25) is 6.54 Å². The lowest BCUT2D eigenvalue weighted by Gasteiger charge is -2.08. The van der Waals surface area contributed by atoms with Gasteiger partial charge in [0.15, 0.2) is 12.4 Å². The first-order chi connectivity index (χ1) is 17.6. The fraction of sp³-hybridized carbons (Fsp3) is 0.167. The van der Waals surface area contributed by atoms with Crippen LogP contribution in [0.1, 0.15) is 25.3 Å². The highest BCUT2D eigenvalue weighted by atomic mass is 16.2. The van der Waals surface area contributed by atoms with Crippen molar-refractivity contribution in [3.8, 4) is 0 Å². The van der Waals surface area contributed by atoms with Crippen LogP contribution >= 0.6 is 0 Å². The molecule has 0 saturated carbocycles. The Bertz CT molecular complexity index is 1830. The molecule has 2 aromatic carbocycles. The van der Waals surface area contributed by atoms with Gasteiger partial charge in [0.05, 0.1) is 11.0 Å². The quantitative estimate of drug-likeness (QED) is 0.252. The number of carbonyl (C=O) groups excluding carboxylic acids is 1. The number of carbonyl (C=O) groups is 1. The highest BCUT2D eigenvalue weighted by Crippen LogP contribution is 2.29. The van der Waals surface area contributed by atoms with Gasteiger partial charge in [0.25, 0.3) is 11.5 Å². The number of para-hydroxylation sites is 1. The van der Waals surface area contributed by atoms with Crippen molar-refractivity contribution in [1.82, 2.24) is 9.38 Å². The predicted molar refractivity (Wildman–Crippen MR) is 144 cm³/mol. The molecule has 0 spiro atoms. The van der Waals surface area contributed by atoms with Gasteiger partial charge in [-0.2, -0.15) is 4.57 Å². The number of aryl methyl sites for hydroxylation is 1. The molecule has 36 heavy (non-hydrogen) atoms. The van der Waals surface area contributed by atoms with E-state index in [-0.39, 0.29) is 18.0 Å². The number of fused-ring (bicyclic) bond motifs is 6. The molecule has 4 heterocycles. The molecule has 0 saturated heterocycles. The van der Waals surface area contributed by atoms with Crippen LogP contribution in [0.25, 0.3) is 38.1 Å². The van der Waals surface area contributed by atoms with Crippen LogP contribution in [0.5, 0.6) is 0 Å². The summed E-state index contributed by atoms with van der Waals surface area (Å²) in [5.41, 5.74) is 4.53. The van der Waals surface area contributed by atoms with Crippen molar-refractivity contribution >= 4 is 49.7 Å². The summed E-state index contributed by atoms with van der Waals surface area (Å²) in [5.74, 6) is -0.132. The lowest BCUT2D eigenvalue weighted by Crippen LogP contribution is -2.40. The van der Waals surface area contributed by atoms with Gasteiger partial charge >= 0.3 is 0 Å². The fourth-order valence-corrected chi connectivity index (χ4v) is 5.00. The van der Waals surface area contributed by atoms with Gasteiger partial charge in [-0.25, -0.2) is 0 Å². The summed E-state index contributed by atoms with van der Waals surface area (Å²) in [6, 6.07) is 21.7. The Labute approximate surface area is 207 Å². The minimum absolute atomic E-state index is 0.114. The molecule has 6 aromatic rings. The number of unbranched alkanes of at least 4 members (excludes halogenated alkanes) is 1. The van der Waals surface area contributed by atoms with Crippen LogP contribution in [0.3, 0.4) is 0 Å². The highest BCUT2D eigenvalue weighted by Gasteiger charge is 2.14. The van der Waals surface area contributed by atoms with E-state index < -0.39 is 0 Å². The fourth-order valence-electron chi connectivity index (χ4n) is 5.00. The van der Waals surface area contributed by atoms with E-state index in [9.17, 15) is 9.59 Å². The van der Waals surface area contributed by atoms with Gasteiger partial charge in [-0.05, 0) is 54.6 Å². The van der Waals surface area contributed by atoms with E-state index in [1.165, 1.54) is 5.56 Å². The Hall–Kier alpha value is -4.45. The first-order valence-electron chi connectivity index (χ1n) is 12.4. The molecule has 0 unspecified atom stereocenters. The number of H-pyrrole nitrogens is 1. The Morgan fingerprint density at radius 1 is 1.00 bits per heavy atom. The highest BCUT2D eigenvalue weighted by molar-refractivity contribution is 6.12. The topological polar surface area (TPSA) is 70.2 Å². The number of hydrogen-bond donors (Lipinski definition) is 2. The number of nitrogens with zero attached hydrogens (tertiary/aromatic N) is 2. The molecule has 178 valence electrons.